The Labute approximate surface area is 109 Å². The summed E-state index contributed by atoms with van der Waals surface area (Å²) in [6.45, 7) is 2.72. The number of amides is 1. The molecule has 0 saturated heterocycles. The Bertz CT molecular complexity index is 391. The third kappa shape index (κ3) is 3.74. The average Bonchev–Trinajstić information content (AvgIpc) is 2.37. The quantitative estimate of drug-likeness (QED) is 0.841. The number of methoxy groups -OCH3 is 1. The van der Waals surface area contributed by atoms with Crippen LogP contribution in [0.1, 0.15) is 23.7 Å². The maximum Gasteiger partial charge on any atom is 0.255 e. The Morgan fingerprint density at radius 1 is 1.39 bits per heavy atom. The highest BCUT2D eigenvalue weighted by atomic mass is 16.5. The van der Waals surface area contributed by atoms with Gasteiger partial charge in [-0.2, -0.15) is 0 Å². The van der Waals surface area contributed by atoms with Crippen LogP contribution in [0, 0.1) is 0 Å². The number of para-hydroxylation sites is 1. The second kappa shape index (κ2) is 7.01. The van der Waals surface area contributed by atoms with Gasteiger partial charge in [-0.15, -0.1) is 0 Å². The van der Waals surface area contributed by atoms with Crippen LogP contribution < -0.4 is 5.32 Å². The number of anilines is 1. The van der Waals surface area contributed by atoms with Crippen LogP contribution in [-0.4, -0.2) is 44.7 Å². The molecule has 1 atom stereocenters. The molecule has 0 bridgehead atoms. The number of nitrogens with zero attached hydrogens (tertiary/aromatic N) is 1. The molecule has 0 aromatic heterocycles. The molecule has 1 N–H and O–H groups in total. The van der Waals surface area contributed by atoms with E-state index in [0.29, 0.717) is 12.2 Å². The normalized spacial score (nSPS) is 12.0. The SMILES string of the molecule is CCC(COC)Nc1ccccc1C(=O)N(C)C. The van der Waals surface area contributed by atoms with Crippen LogP contribution in [0.25, 0.3) is 0 Å². The fourth-order valence-electron chi connectivity index (χ4n) is 1.72. The van der Waals surface area contributed by atoms with Crippen LogP contribution in [0.3, 0.4) is 0 Å². The largest absolute Gasteiger partial charge is 0.383 e. The lowest BCUT2D eigenvalue weighted by atomic mass is 10.1. The van der Waals surface area contributed by atoms with Crippen molar-refractivity contribution in [3.63, 3.8) is 0 Å². The summed E-state index contributed by atoms with van der Waals surface area (Å²) in [6.07, 6.45) is 0.943. The zero-order valence-corrected chi connectivity index (χ0v) is 11.6. The van der Waals surface area contributed by atoms with Crippen molar-refractivity contribution in [3.8, 4) is 0 Å². The van der Waals surface area contributed by atoms with Gasteiger partial charge in [-0.1, -0.05) is 19.1 Å². The second-order valence-electron chi connectivity index (χ2n) is 4.45. The van der Waals surface area contributed by atoms with Crippen LogP contribution in [0.4, 0.5) is 5.69 Å². The molecule has 0 aliphatic rings. The van der Waals surface area contributed by atoms with Gasteiger partial charge in [-0.05, 0) is 18.6 Å². The number of benzene rings is 1. The molecule has 4 nitrogen and oxygen atoms in total. The minimum Gasteiger partial charge on any atom is -0.383 e. The number of hydrogen-bond donors (Lipinski definition) is 1. The topological polar surface area (TPSA) is 41.6 Å². The van der Waals surface area contributed by atoms with Crippen molar-refractivity contribution >= 4 is 11.6 Å². The minimum absolute atomic E-state index is 0.00497. The van der Waals surface area contributed by atoms with Crippen molar-refractivity contribution < 1.29 is 9.53 Å². The third-order valence-electron chi connectivity index (χ3n) is 2.78. The maximum atomic E-state index is 12.0. The predicted octanol–water partition coefficient (Wildman–Crippen LogP) is 2.23. The Kier molecular flexibility index (Phi) is 5.65. The average molecular weight is 250 g/mol. The van der Waals surface area contributed by atoms with E-state index in [1.807, 2.05) is 24.3 Å². The summed E-state index contributed by atoms with van der Waals surface area (Å²) in [6, 6.07) is 7.78. The Balaban J connectivity index is 2.91. The van der Waals surface area contributed by atoms with Crippen LogP contribution in [-0.2, 0) is 4.74 Å². The van der Waals surface area contributed by atoms with E-state index in [1.54, 1.807) is 26.1 Å². The zero-order chi connectivity index (χ0) is 13.5. The van der Waals surface area contributed by atoms with Crippen molar-refractivity contribution in [1.29, 1.82) is 0 Å². The molecule has 100 valence electrons. The molecule has 1 rings (SSSR count). The molecule has 0 fully saturated rings. The molecule has 1 aromatic carbocycles. The van der Waals surface area contributed by atoms with E-state index in [1.165, 1.54) is 0 Å². The lowest BCUT2D eigenvalue weighted by molar-refractivity contribution is 0.0828. The smallest absolute Gasteiger partial charge is 0.255 e. The van der Waals surface area contributed by atoms with Gasteiger partial charge >= 0.3 is 0 Å². The number of ether oxygens (including phenoxy) is 1. The fourth-order valence-corrected chi connectivity index (χ4v) is 1.72. The van der Waals surface area contributed by atoms with Crippen LogP contribution in [0.15, 0.2) is 24.3 Å². The molecular weight excluding hydrogens is 228 g/mol. The van der Waals surface area contributed by atoms with Crippen LogP contribution >= 0.6 is 0 Å². The summed E-state index contributed by atoms with van der Waals surface area (Å²) in [5.74, 6) is 0.00497. The van der Waals surface area contributed by atoms with Gasteiger partial charge in [0.05, 0.1) is 12.2 Å². The molecular formula is C14H22N2O2. The molecule has 0 spiro atoms. The summed E-state index contributed by atoms with van der Waals surface area (Å²) in [5, 5.41) is 3.36. The number of carbonyl (C=O) groups excluding carboxylic acids is 1. The first-order chi connectivity index (χ1) is 8.60. The van der Waals surface area contributed by atoms with Gasteiger partial charge in [0.25, 0.3) is 5.91 Å². The Morgan fingerprint density at radius 2 is 2.06 bits per heavy atom. The predicted molar refractivity (Wildman–Crippen MR) is 74.0 cm³/mol. The first-order valence-electron chi connectivity index (χ1n) is 6.16. The first-order valence-corrected chi connectivity index (χ1v) is 6.16. The molecule has 0 radical (unpaired) electrons. The van der Waals surface area contributed by atoms with Crippen LogP contribution in [0.5, 0.6) is 0 Å². The number of hydrogen-bond acceptors (Lipinski definition) is 3. The molecule has 0 saturated carbocycles. The summed E-state index contributed by atoms with van der Waals surface area (Å²) >= 11 is 0. The molecule has 0 aliphatic carbocycles. The van der Waals surface area contributed by atoms with Gasteiger partial charge in [0.15, 0.2) is 0 Å². The number of carbonyl (C=O) groups is 1. The highest BCUT2D eigenvalue weighted by Gasteiger charge is 2.14. The Morgan fingerprint density at radius 3 is 2.61 bits per heavy atom. The molecule has 1 unspecified atom stereocenters. The van der Waals surface area contributed by atoms with Crippen molar-refractivity contribution in [1.82, 2.24) is 4.90 Å². The van der Waals surface area contributed by atoms with Crippen molar-refractivity contribution in [3.05, 3.63) is 29.8 Å². The number of nitrogens with one attached hydrogen (secondary N) is 1. The second-order valence-corrected chi connectivity index (χ2v) is 4.45. The monoisotopic (exact) mass is 250 g/mol. The van der Waals surface area contributed by atoms with Crippen molar-refractivity contribution in [2.45, 2.75) is 19.4 Å². The highest BCUT2D eigenvalue weighted by Crippen LogP contribution is 2.18. The third-order valence-corrected chi connectivity index (χ3v) is 2.78. The van der Waals surface area contributed by atoms with Crippen molar-refractivity contribution in [2.75, 3.05) is 33.1 Å². The lowest BCUT2D eigenvalue weighted by Gasteiger charge is -2.20. The first kappa shape index (κ1) is 14.5. The number of rotatable bonds is 6. The van der Waals surface area contributed by atoms with Gasteiger partial charge in [0.2, 0.25) is 0 Å². The van der Waals surface area contributed by atoms with Crippen LogP contribution in [0.2, 0.25) is 0 Å². The standard InChI is InChI=1S/C14H22N2O2/c1-5-11(10-18-4)15-13-9-7-6-8-12(13)14(17)16(2)3/h6-9,11,15H,5,10H2,1-4H3. The van der Waals surface area contributed by atoms with E-state index in [0.717, 1.165) is 12.1 Å². The van der Waals surface area contributed by atoms with E-state index < -0.39 is 0 Å². The molecule has 1 amide bonds. The minimum atomic E-state index is 0.00497. The van der Waals surface area contributed by atoms with E-state index in [4.69, 9.17) is 4.74 Å². The van der Waals surface area contributed by atoms with Gasteiger partial charge in [0, 0.05) is 32.9 Å². The van der Waals surface area contributed by atoms with Gasteiger partial charge in [0.1, 0.15) is 0 Å². The van der Waals surface area contributed by atoms with Crippen molar-refractivity contribution in [2.24, 2.45) is 0 Å². The fraction of sp³-hybridized carbons (Fsp3) is 0.500. The molecule has 1 aromatic rings. The lowest BCUT2D eigenvalue weighted by Crippen LogP contribution is -2.27. The zero-order valence-electron chi connectivity index (χ0n) is 11.6. The summed E-state index contributed by atoms with van der Waals surface area (Å²) < 4.78 is 5.16. The van der Waals surface area contributed by atoms with Gasteiger partial charge in [-0.25, -0.2) is 0 Å². The highest BCUT2D eigenvalue weighted by molar-refractivity contribution is 5.99. The van der Waals surface area contributed by atoms with Gasteiger partial charge < -0.3 is 15.0 Å². The Hall–Kier alpha value is -1.55. The summed E-state index contributed by atoms with van der Waals surface area (Å²) in [5.41, 5.74) is 1.55. The molecule has 4 heteroatoms. The molecule has 0 heterocycles. The van der Waals surface area contributed by atoms with E-state index >= 15 is 0 Å². The van der Waals surface area contributed by atoms with E-state index in [-0.39, 0.29) is 11.9 Å². The summed E-state index contributed by atoms with van der Waals surface area (Å²) in [4.78, 5) is 13.6. The van der Waals surface area contributed by atoms with E-state index in [9.17, 15) is 4.79 Å². The molecule has 0 aliphatic heterocycles. The van der Waals surface area contributed by atoms with Gasteiger partial charge in [-0.3, -0.25) is 4.79 Å². The maximum absolute atomic E-state index is 12.0. The molecule has 18 heavy (non-hydrogen) atoms. The summed E-state index contributed by atoms with van der Waals surface area (Å²) in [7, 11) is 5.19. The van der Waals surface area contributed by atoms with E-state index in [2.05, 4.69) is 12.2 Å².